The van der Waals surface area contributed by atoms with Gasteiger partial charge in [0.2, 0.25) is 5.65 Å². The first kappa shape index (κ1) is 15.3. The van der Waals surface area contributed by atoms with Crippen LogP contribution in [0.5, 0.6) is 0 Å². The van der Waals surface area contributed by atoms with Crippen molar-refractivity contribution in [2.24, 2.45) is 7.05 Å². The third-order valence-corrected chi connectivity index (χ3v) is 4.39. The van der Waals surface area contributed by atoms with Crippen molar-refractivity contribution in [3.05, 3.63) is 53.0 Å². The molecule has 1 N–H and O–H groups in total. The van der Waals surface area contributed by atoms with Crippen LogP contribution in [0.15, 0.2) is 41.8 Å². The standard InChI is InChI=1S/C16H17N7O2/c1-21-6-2-3-12(16(21)25)15(24)19-11-4-7-22(9-11)13-14-20-18-10-23(14)8-5-17-13/h2-3,5-6,8,10-11H,4,7,9H2,1H3,(H,19,24). The zero-order valence-electron chi connectivity index (χ0n) is 13.7. The molecule has 0 radical (unpaired) electrons. The van der Waals surface area contributed by atoms with Crippen molar-refractivity contribution < 1.29 is 4.79 Å². The number of carbonyl (C=O) groups excluding carboxylic acids is 1. The molecule has 9 nitrogen and oxygen atoms in total. The molecule has 1 atom stereocenters. The van der Waals surface area contributed by atoms with Gasteiger partial charge in [0.1, 0.15) is 11.9 Å². The van der Waals surface area contributed by atoms with E-state index in [1.54, 1.807) is 44.1 Å². The van der Waals surface area contributed by atoms with Crippen LogP contribution in [0.4, 0.5) is 5.82 Å². The zero-order valence-corrected chi connectivity index (χ0v) is 13.7. The lowest BCUT2D eigenvalue weighted by atomic mass is 10.2. The van der Waals surface area contributed by atoms with Gasteiger partial charge in [-0.3, -0.25) is 14.0 Å². The number of carbonyl (C=O) groups is 1. The van der Waals surface area contributed by atoms with E-state index < -0.39 is 0 Å². The molecule has 1 aliphatic heterocycles. The van der Waals surface area contributed by atoms with Crippen molar-refractivity contribution >= 4 is 17.4 Å². The van der Waals surface area contributed by atoms with Gasteiger partial charge in [-0.2, -0.15) is 0 Å². The second kappa shape index (κ2) is 6.00. The Morgan fingerprint density at radius 2 is 2.24 bits per heavy atom. The van der Waals surface area contributed by atoms with E-state index in [4.69, 9.17) is 0 Å². The molecule has 0 spiro atoms. The molecule has 4 heterocycles. The Kier molecular flexibility index (Phi) is 3.68. The molecule has 0 aliphatic carbocycles. The minimum Gasteiger partial charge on any atom is -0.351 e. The Morgan fingerprint density at radius 3 is 3.12 bits per heavy atom. The van der Waals surface area contributed by atoms with Crippen LogP contribution >= 0.6 is 0 Å². The summed E-state index contributed by atoms with van der Waals surface area (Å²) in [5, 5.41) is 10.9. The predicted molar refractivity (Wildman–Crippen MR) is 90.5 cm³/mol. The van der Waals surface area contributed by atoms with E-state index in [1.165, 1.54) is 4.57 Å². The summed E-state index contributed by atoms with van der Waals surface area (Å²) < 4.78 is 3.20. The van der Waals surface area contributed by atoms with Gasteiger partial charge in [0.05, 0.1) is 0 Å². The van der Waals surface area contributed by atoms with Crippen LogP contribution in [0.3, 0.4) is 0 Å². The molecule has 1 unspecified atom stereocenters. The first-order valence-electron chi connectivity index (χ1n) is 7.99. The fourth-order valence-corrected chi connectivity index (χ4v) is 3.07. The molecular formula is C16H17N7O2. The van der Waals surface area contributed by atoms with E-state index in [1.807, 2.05) is 4.40 Å². The van der Waals surface area contributed by atoms with Crippen LogP contribution < -0.4 is 15.8 Å². The summed E-state index contributed by atoms with van der Waals surface area (Å²) in [5.74, 6) is 0.397. The maximum absolute atomic E-state index is 12.4. The van der Waals surface area contributed by atoms with E-state index in [0.29, 0.717) is 12.2 Å². The van der Waals surface area contributed by atoms with Crippen LogP contribution in [0.25, 0.3) is 5.65 Å². The average molecular weight is 339 g/mol. The zero-order chi connectivity index (χ0) is 17.4. The van der Waals surface area contributed by atoms with Gasteiger partial charge in [0.15, 0.2) is 5.82 Å². The number of hydrogen-bond donors (Lipinski definition) is 1. The number of aryl methyl sites for hydroxylation is 1. The van der Waals surface area contributed by atoms with Gasteiger partial charge in [0.25, 0.3) is 11.5 Å². The Morgan fingerprint density at radius 1 is 1.36 bits per heavy atom. The van der Waals surface area contributed by atoms with Crippen molar-refractivity contribution in [2.45, 2.75) is 12.5 Å². The van der Waals surface area contributed by atoms with Crippen molar-refractivity contribution in [3.8, 4) is 0 Å². The highest BCUT2D eigenvalue weighted by molar-refractivity contribution is 5.94. The molecule has 1 amide bonds. The van der Waals surface area contributed by atoms with E-state index in [2.05, 4.69) is 25.4 Å². The smallest absolute Gasteiger partial charge is 0.263 e. The number of amides is 1. The van der Waals surface area contributed by atoms with Gasteiger partial charge >= 0.3 is 0 Å². The molecule has 9 heteroatoms. The molecule has 3 aromatic heterocycles. The molecule has 25 heavy (non-hydrogen) atoms. The average Bonchev–Trinajstić information content (AvgIpc) is 3.26. The van der Waals surface area contributed by atoms with Gasteiger partial charge in [0, 0.05) is 44.8 Å². The molecule has 1 fully saturated rings. The minimum absolute atomic E-state index is 0.0533. The van der Waals surface area contributed by atoms with Crippen molar-refractivity contribution in [3.63, 3.8) is 0 Å². The summed E-state index contributed by atoms with van der Waals surface area (Å²) in [4.78, 5) is 30.9. The maximum Gasteiger partial charge on any atom is 0.263 e. The largest absolute Gasteiger partial charge is 0.351 e. The third-order valence-electron chi connectivity index (χ3n) is 4.39. The molecule has 0 saturated carbocycles. The second-order valence-electron chi connectivity index (χ2n) is 6.06. The summed E-state index contributed by atoms with van der Waals surface area (Å²) in [5.41, 5.74) is 0.539. The van der Waals surface area contributed by atoms with Crippen molar-refractivity contribution in [1.82, 2.24) is 29.5 Å². The molecular weight excluding hydrogens is 322 g/mol. The third kappa shape index (κ3) is 2.73. The van der Waals surface area contributed by atoms with Gasteiger partial charge in [-0.25, -0.2) is 4.98 Å². The van der Waals surface area contributed by atoms with E-state index >= 15 is 0 Å². The Bertz CT molecular complexity index is 993. The predicted octanol–water partition coefficient (Wildman–Crippen LogP) is -0.168. The first-order chi connectivity index (χ1) is 12.1. The van der Waals surface area contributed by atoms with Crippen molar-refractivity contribution in [1.29, 1.82) is 0 Å². The molecule has 3 aromatic rings. The van der Waals surface area contributed by atoms with Gasteiger partial charge < -0.3 is 14.8 Å². The summed E-state index contributed by atoms with van der Waals surface area (Å²) >= 11 is 0. The quantitative estimate of drug-likeness (QED) is 0.712. The van der Waals surface area contributed by atoms with Crippen molar-refractivity contribution in [2.75, 3.05) is 18.0 Å². The second-order valence-corrected chi connectivity index (χ2v) is 6.06. The number of hydrogen-bond acceptors (Lipinski definition) is 6. The lowest BCUT2D eigenvalue weighted by molar-refractivity contribution is 0.0938. The number of nitrogens with zero attached hydrogens (tertiary/aromatic N) is 6. The molecule has 128 valence electrons. The van der Waals surface area contributed by atoms with Crippen LogP contribution in [0, 0.1) is 0 Å². The number of anilines is 1. The molecule has 0 bridgehead atoms. The van der Waals surface area contributed by atoms with Crippen LogP contribution in [-0.2, 0) is 7.05 Å². The summed E-state index contributed by atoms with van der Waals surface area (Å²) in [6, 6.07) is 3.18. The minimum atomic E-state index is -0.346. The molecule has 0 aromatic carbocycles. The number of pyridine rings is 1. The van der Waals surface area contributed by atoms with Gasteiger partial charge in [-0.15, -0.1) is 10.2 Å². The Balaban J connectivity index is 1.49. The topological polar surface area (TPSA) is 97.4 Å². The Labute approximate surface area is 142 Å². The summed E-state index contributed by atoms with van der Waals surface area (Å²) in [7, 11) is 1.63. The SMILES string of the molecule is Cn1cccc(C(=O)NC2CCN(c3nccn4cnnc34)C2)c1=O. The molecule has 1 saturated heterocycles. The number of nitrogens with one attached hydrogen (secondary N) is 1. The maximum atomic E-state index is 12.4. The molecule has 1 aliphatic rings. The fraction of sp³-hybridized carbons (Fsp3) is 0.312. The van der Waals surface area contributed by atoms with Crippen LogP contribution in [0.1, 0.15) is 16.8 Å². The van der Waals surface area contributed by atoms with Gasteiger partial charge in [-0.1, -0.05) is 0 Å². The highest BCUT2D eigenvalue weighted by Gasteiger charge is 2.27. The number of aromatic nitrogens is 5. The van der Waals surface area contributed by atoms with Crippen LogP contribution in [0.2, 0.25) is 0 Å². The lowest BCUT2D eigenvalue weighted by Crippen LogP contribution is -2.40. The van der Waals surface area contributed by atoms with Crippen LogP contribution in [-0.4, -0.2) is 49.2 Å². The highest BCUT2D eigenvalue weighted by atomic mass is 16.2. The highest BCUT2D eigenvalue weighted by Crippen LogP contribution is 2.21. The fourth-order valence-electron chi connectivity index (χ4n) is 3.07. The molecule has 4 rings (SSSR count). The monoisotopic (exact) mass is 339 g/mol. The normalized spacial score (nSPS) is 17.2. The van der Waals surface area contributed by atoms with E-state index in [9.17, 15) is 9.59 Å². The summed E-state index contributed by atoms with van der Waals surface area (Å²) in [6.07, 6.45) is 7.52. The van der Waals surface area contributed by atoms with E-state index in [0.717, 1.165) is 18.8 Å². The van der Waals surface area contributed by atoms with Gasteiger partial charge in [-0.05, 0) is 18.6 Å². The van der Waals surface area contributed by atoms with E-state index in [-0.39, 0.29) is 23.1 Å². The first-order valence-corrected chi connectivity index (χ1v) is 7.99. The number of rotatable bonds is 3. The number of fused-ring (bicyclic) bond motifs is 1. The Hall–Kier alpha value is -3.23. The summed E-state index contributed by atoms with van der Waals surface area (Å²) in [6.45, 7) is 1.36. The lowest BCUT2D eigenvalue weighted by Gasteiger charge is -2.18.